The fourth-order valence-corrected chi connectivity index (χ4v) is 1.99. The Morgan fingerprint density at radius 2 is 2.12 bits per heavy atom. The number of aromatic nitrogens is 1. The Balaban J connectivity index is 1.94. The van der Waals surface area contributed by atoms with Crippen LogP contribution in [0.4, 0.5) is 5.13 Å². The van der Waals surface area contributed by atoms with Crippen molar-refractivity contribution in [1.29, 1.82) is 0 Å². The van der Waals surface area contributed by atoms with E-state index in [0.717, 1.165) is 5.56 Å². The van der Waals surface area contributed by atoms with Crippen molar-refractivity contribution < 1.29 is 4.79 Å². The number of amides is 1. The van der Waals surface area contributed by atoms with Gasteiger partial charge in [0.15, 0.2) is 5.13 Å². The molecule has 1 aromatic heterocycles. The number of nitrogen functional groups attached to an aromatic ring is 1. The number of anilines is 1. The Morgan fingerprint density at radius 1 is 1.41 bits per heavy atom. The topological polar surface area (TPSA) is 68.0 Å². The van der Waals surface area contributed by atoms with Crippen LogP contribution in [-0.2, 0) is 6.54 Å². The number of benzene rings is 1. The van der Waals surface area contributed by atoms with E-state index in [1.807, 2.05) is 12.1 Å². The molecule has 6 heteroatoms. The van der Waals surface area contributed by atoms with Crippen LogP contribution >= 0.6 is 22.9 Å². The number of nitrogens with two attached hydrogens (primary N) is 1. The maximum Gasteiger partial charge on any atom is 0.263 e. The molecule has 0 aliphatic heterocycles. The van der Waals surface area contributed by atoms with E-state index >= 15 is 0 Å². The van der Waals surface area contributed by atoms with Crippen molar-refractivity contribution in [1.82, 2.24) is 10.3 Å². The molecule has 0 bridgehead atoms. The van der Waals surface area contributed by atoms with Crippen molar-refractivity contribution >= 4 is 34.0 Å². The van der Waals surface area contributed by atoms with Crippen LogP contribution in [0, 0.1) is 0 Å². The number of hydrogen-bond acceptors (Lipinski definition) is 4. The molecule has 1 aromatic carbocycles. The second-order valence-electron chi connectivity index (χ2n) is 3.37. The predicted molar refractivity (Wildman–Crippen MR) is 69.1 cm³/mol. The molecule has 0 atom stereocenters. The molecule has 0 aliphatic carbocycles. The number of rotatable bonds is 3. The Bertz CT molecular complexity index is 524. The normalized spacial score (nSPS) is 10.2. The smallest absolute Gasteiger partial charge is 0.263 e. The van der Waals surface area contributed by atoms with Crippen LogP contribution in [0.25, 0.3) is 0 Å². The number of hydrogen-bond donors (Lipinski definition) is 2. The standard InChI is InChI=1S/C11H10ClN3OS/c12-8-3-1-7(2-4-8)5-14-10(16)9-6-15-11(13)17-9/h1-4,6H,5H2,(H2,13,15)(H,14,16). The fraction of sp³-hybridized carbons (Fsp3) is 0.0909. The SMILES string of the molecule is Nc1ncc(C(=O)NCc2ccc(Cl)cc2)s1. The number of nitrogens with zero attached hydrogens (tertiary/aromatic N) is 1. The minimum Gasteiger partial charge on any atom is -0.375 e. The molecular formula is C11H10ClN3OS. The third-order valence-electron chi connectivity index (χ3n) is 2.11. The van der Waals surface area contributed by atoms with Gasteiger partial charge in [-0.25, -0.2) is 4.98 Å². The van der Waals surface area contributed by atoms with E-state index in [-0.39, 0.29) is 5.91 Å². The van der Waals surface area contributed by atoms with Crippen molar-refractivity contribution in [3.63, 3.8) is 0 Å². The van der Waals surface area contributed by atoms with E-state index in [1.54, 1.807) is 12.1 Å². The lowest BCUT2D eigenvalue weighted by Gasteiger charge is -2.03. The highest BCUT2D eigenvalue weighted by molar-refractivity contribution is 7.17. The number of halogens is 1. The molecule has 2 aromatic rings. The van der Waals surface area contributed by atoms with Gasteiger partial charge in [-0.3, -0.25) is 4.79 Å². The van der Waals surface area contributed by atoms with Crippen molar-refractivity contribution in [3.8, 4) is 0 Å². The van der Waals surface area contributed by atoms with Gasteiger partial charge in [0.1, 0.15) is 4.88 Å². The lowest BCUT2D eigenvalue weighted by molar-refractivity contribution is 0.0955. The molecule has 0 saturated carbocycles. The zero-order valence-electron chi connectivity index (χ0n) is 8.81. The minimum absolute atomic E-state index is 0.172. The van der Waals surface area contributed by atoms with Gasteiger partial charge < -0.3 is 11.1 Å². The summed E-state index contributed by atoms with van der Waals surface area (Å²) in [5.41, 5.74) is 6.44. The monoisotopic (exact) mass is 267 g/mol. The summed E-state index contributed by atoms with van der Waals surface area (Å²) >= 11 is 6.93. The quantitative estimate of drug-likeness (QED) is 0.897. The largest absolute Gasteiger partial charge is 0.375 e. The van der Waals surface area contributed by atoms with Crippen LogP contribution in [0.3, 0.4) is 0 Å². The molecule has 4 nitrogen and oxygen atoms in total. The lowest BCUT2D eigenvalue weighted by Crippen LogP contribution is -2.21. The molecule has 17 heavy (non-hydrogen) atoms. The summed E-state index contributed by atoms with van der Waals surface area (Å²) in [7, 11) is 0. The van der Waals surface area contributed by atoms with Gasteiger partial charge in [0.05, 0.1) is 6.20 Å². The van der Waals surface area contributed by atoms with Crippen LogP contribution in [0.2, 0.25) is 5.02 Å². The Morgan fingerprint density at radius 3 is 2.71 bits per heavy atom. The molecule has 0 unspecified atom stereocenters. The Hall–Kier alpha value is -1.59. The van der Waals surface area contributed by atoms with Gasteiger partial charge in [-0.1, -0.05) is 35.1 Å². The van der Waals surface area contributed by atoms with Gasteiger partial charge in [-0.2, -0.15) is 0 Å². The van der Waals surface area contributed by atoms with Crippen LogP contribution in [0.1, 0.15) is 15.2 Å². The summed E-state index contributed by atoms with van der Waals surface area (Å²) in [4.78, 5) is 16.0. The predicted octanol–water partition coefficient (Wildman–Crippen LogP) is 2.31. The van der Waals surface area contributed by atoms with Crippen LogP contribution < -0.4 is 11.1 Å². The van der Waals surface area contributed by atoms with Gasteiger partial charge in [-0.05, 0) is 17.7 Å². The zero-order chi connectivity index (χ0) is 12.3. The molecule has 0 aliphatic rings. The molecule has 2 rings (SSSR count). The van der Waals surface area contributed by atoms with Crippen LogP contribution in [0.15, 0.2) is 30.5 Å². The number of carbonyl (C=O) groups is 1. The molecule has 0 saturated heterocycles. The zero-order valence-corrected chi connectivity index (χ0v) is 10.4. The Labute approximate surface area is 107 Å². The van der Waals surface area contributed by atoms with Gasteiger partial charge >= 0.3 is 0 Å². The first-order valence-corrected chi connectivity index (χ1v) is 6.08. The average Bonchev–Trinajstić information content (AvgIpc) is 2.75. The Kier molecular flexibility index (Phi) is 3.61. The molecule has 1 heterocycles. The molecular weight excluding hydrogens is 258 g/mol. The highest BCUT2D eigenvalue weighted by Gasteiger charge is 2.08. The second kappa shape index (κ2) is 5.16. The van der Waals surface area contributed by atoms with E-state index in [2.05, 4.69) is 10.3 Å². The lowest BCUT2D eigenvalue weighted by atomic mass is 10.2. The molecule has 0 radical (unpaired) electrons. The summed E-state index contributed by atoms with van der Waals surface area (Å²) in [5.74, 6) is -0.172. The van der Waals surface area contributed by atoms with Gasteiger partial charge in [0.2, 0.25) is 0 Å². The van der Waals surface area contributed by atoms with Gasteiger partial charge in [0.25, 0.3) is 5.91 Å². The van der Waals surface area contributed by atoms with Crippen molar-refractivity contribution in [3.05, 3.63) is 45.9 Å². The highest BCUT2D eigenvalue weighted by atomic mass is 35.5. The summed E-state index contributed by atoms with van der Waals surface area (Å²) in [6.45, 7) is 0.452. The minimum atomic E-state index is -0.172. The fourth-order valence-electron chi connectivity index (χ4n) is 1.26. The van der Waals surface area contributed by atoms with E-state index in [9.17, 15) is 4.79 Å². The van der Waals surface area contributed by atoms with Crippen molar-refractivity contribution in [2.24, 2.45) is 0 Å². The number of nitrogens with one attached hydrogen (secondary N) is 1. The summed E-state index contributed by atoms with van der Waals surface area (Å²) in [6, 6.07) is 7.30. The maximum absolute atomic E-state index is 11.7. The maximum atomic E-state index is 11.7. The van der Waals surface area contributed by atoms with E-state index in [1.165, 1.54) is 17.5 Å². The summed E-state index contributed by atoms with van der Waals surface area (Å²) < 4.78 is 0. The van der Waals surface area contributed by atoms with E-state index < -0.39 is 0 Å². The molecule has 3 N–H and O–H groups in total. The second-order valence-corrected chi connectivity index (χ2v) is 4.87. The third-order valence-corrected chi connectivity index (χ3v) is 3.19. The van der Waals surface area contributed by atoms with E-state index in [4.69, 9.17) is 17.3 Å². The van der Waals surface area contributed by atoms with Gasteiger partial charge in [-0.15, -0.1) is 0 Å². The van der Waals surface area contributed by atoms with Crippen molar-refractivity contribution in [2.75, 3.05) is 5.73 Å². The molecule has 0 fully saturated rings. The number of thiazole rings is 1. The summed E-state index contributed by atoms with van der Waals surface area (Å²) in [6.07, 6.45) is 1.47. The summed E-state index contributed by atoms with van der Waals surface area (Å²) in [5, 5.41) is 3.85. The van der Waals surface area contributed by atoms with Crippen LogP contribution in [0.5, 0.6) is 0 Å². The van der Waals surface area contributed by atoms with Crippen molar-refractivity contribution in [2.45, 2.75) is 6.54 Å². The molecule has 88 valence electrons. The number of carbonyl (C=O) groups excluding carboxylic acids is 1. The highest BCUT2D eigenvalue weighted by Crippen LogP contribution is 2.14. The molecule has 1 amide bonds. The third kappa shape index (κ3) is 3.18. The first-order valence-electron chi connectivity index (χ1n) is 4.89. The first kappa shape index (κ1) is 11.9. The van der Waals surface area contributed by atoms with Gasteiger partial charge in [0, 0.05) is 11.6 Å². The van der Waals surface area contributed by atoms with Crippen LogP contribution in [-0.4, -0.2) is 10.9 Å². The average molecular weight is 268 g/mol. The molecule has 0 spiro atoms. The van der Waals surface area contributed by atoms with E-state index in [0.29, 0.717) is 21.6 Å². The first-order chi connectivity index (χ1) is 8.15.